The zero-order valence-electron chi connectivity index (χ0n) is 10.6. The lowest BCUT2D eigenvalue weighted by molar-refractivity contribution is 0.357. The van der Waals surface area contributed by atoms with Gasteiger partial charge in [0.2, 0.25) is 5.89 Å². The van der Waals surface area contributed by atoms with E-state index in [1.165, 1.54) is 6.42 Å². The van der Waals surface area contributed by atoms with Crippen molar-refractivity contribution in [3.05, 3.63) is 11.7 Å². The molecule has 0 saturated heterocycles. The summed E-state index contributed by atoms with van der Waals surface area (Å²) in [6.07, 6.45) is 1.99. The minimum atomic E-state index is 0.369. The van der Waals surface area contributed by atoms with Gasteiger partial charge in [-0.05, 0) is 25.3 Å². The lowest BCUT2D eigenvalue weighted by atomic mass is 10.1. The molecule has 0 radical (unpaired) electrons. The van der Waals surface area contributed by atoms with Crippen LogP contribution in [0.2, 0.25) is 0 Å². The molecule has 0 aromatic carbocycles. The largest absolute Gasteiger partial charge is 0.339 e. The minimum absolute atomic E-state index is 0.369. The Kier molecular flexibility index (Phi) is 3.02. The van der Waals surface area contributed by atoms with Crippen LogP contribution >= 0.6 is 0 Å². The maximum Gasteiger partial charge on any atom is 0.228 e. The zero-order valence-corrected chi connectivity index (χ0v) is 10.6. The van der Waals surface area contributed by atoms with Gasteiger partial charge in [0, 0.05) is 18.4 Å². The fraction of sp³-hybridized carbons (Fsp3) is 0.833. The molecule has 0 amide bonds. The Morgan fingerprint density at radius 1 is 1.56 bits per heavy atom. The van der Waals surface area contributed by atoms with Gasteiger partial charge in [0.25, 0.3) is 0 Å². The summed E-state index contributed by atoms with van der Waals surface area (Å²) >= 11 is 0. The first-order chi connectivity index (χ1) is 7.53. The predicted molar refractivity (Wildman–Crippen MR) is 62.3 cm³/mol. The summed E-state index contributed by atoms with van der Waals surface area (Å²) < 4.78 is 5.28. The maximum absolute atomic E-state index is 5.28. The first-order valence-corrected chi connectivity index (χ1v) is 6.09. The molecule has 16 heavy (non-hydrogen) atoms. The number of hydrogen-bond acceptors (Lipinski definition) is 4. The second-order valence-corrected chi connectivity index (χ2v) is 5.45. The van der Waals surface area contributed by atoms with Crippen LogP contribution in [0.1, 0.15) is 51.7 Å². The highest BCUT2D eigenvalue weighted by Crippen LogP contribution is 2.57. The van der Waals surface area contributed by atoms with Crippen molar-refractivity contribution in [1.82, 2.24) is 15.5 Å². The molecule has 1 aliphatic rings. The number of rotatable bonds is 5. The van der Waals surface area contributed by atoms with E-state index in [-0.39, 0.29) is 0 Å². The minimum Gasteiger partial charge on any atom is -0.339 e. The average Bonchev–Trinajstić information content (AvgIpc) is 2.63. The molecular formula is C12H21N3O. The molecule has 1 aromatic heterocycles. The zero-order chi connectivity index (χ0) is 11.8. The Hall–Kier alpha value is -0.900. The van der Waals surface area contributed by atoms with Crippen LogP contribution in [0.25, 0.3) is 0 Å². The van der Waals surface area contributed by atoms with Gasteiger partial charge in [0.1, 0.15) is 0 Å². The molecule has 0 spiro atoms. The molecule has 1 heterocycles. The van der Waals surface area contributed by atoms with E-state index in [0.29, 0.717) is 17.4 Å². The van der Waals surface area contributed by atoms with E-state index in [1.54, 1.807) is 0 Å². The van der Waals surface area contributed by atoms with Gasteiger partial charge in [0.05, 0.1) is 0 Å². The fourth-order valence-corrected chi connectivity index (χ4v) is 2.08. The number of nitrogens with zero attached hydrogens (tertiary/aromatic N) is 2. The summed E-state index contributed by atoms with van der Waals surface area (Å²) in [7, 11) is 0. The Morgan fingerprint density at radius 2 is 2.25 bits per heavy atom. The van der Waals surface area contributed by atoms with E-state index in [4.69, 9.17) is 4.52 Å². The lowest BCUT2D eigenvalue weighted by Gasteiger charge is -2.07. The molecule has 90 valence electrons. The Labute approximate surface area is 96.8 Å². The van der Waals surface area contributed by atoms with Gasteiger partial charge in [-0.15, -0.1) is 0 Å². The van der Waals surface area contributed by atoms with Crippen molar-refractivity contribution in [3.63, 3.8) is 0 Å². The van der Waals surface area contributed by atoms with E-state index in [0.717, 1.165) is 24.7 Å². The third-order valence-corrected chi connectivity index (χ3v) is 3.34. The van der Waals surface area contributed by atoms with Gasteiger partial charge in [-0.25, -0.2) is 0 Å². The summed E-state index contributed by atoms with van der Waals surface area (Å²) in [6.45, 7) is 9.69. The van der Waals surface area contributed by atoms with Crippen molar-refractivity contribution in [1.29, 1.82) is 0 Å². The summed E-state index contributed by atoms with van der Waals surface area (Å²) in [5.41, 5.74) is 0.369. The third kappa shape index (κ3) is 2.43. The van der Waals surface area contributed by atoms with Gasteiger partial charge < -0.3 is 9.84 Å². The number of hydrogen-bond donors (Lipinski definition) is 1. The first-order valence-electron chi connectivity index (χ1n) is 6.09. The molecule has 2 atom stereocenters. The van der Waals surface area contributed by atoms with Gasteiger partial charge in [-0.2, -0.15) is 4.98 Å². The first kappa shape index (κ1) is 11.6. The molecule has 1 saturated carbocycles. The standard InChI is InChI=1S/C12H21N3O/c1-5-13-8(2)6-10-14-11(15-16-10)9-7-12(9,3)4/h8-9,13H,5-7H2,1-4H3. The van der Waals surface area contributed by atoms with Crippen molar-refractivity contribution >= 4 is 0 Å². The van der Waals surface area contributed by atoms with Crippen LogP contribution in [0.5, 0.6) is 0 Å². The normalized spacial score (nSPS) is 24.4. The van der Waals surface area contributed by atoms with Crippen molar-refractivity contribution in [2.75, 3.05) is 6.54 Å². The Bertz CT molecular complexity index is 359. The predicted octanol–water partition coefficient (Wildman–Crippen LogP) is 2.12. The molecule has 0 aliphatic heterocycles. The maximum atomic E-state index is 5.28. The van der Waals surface area contributed by atoms with E-state index < -0.39 is 0 Å². The van der Waals surface area contributed by atoms with Crippen molar-refractivity contribution in [3.8, 4) is 0 Å². The average molecular weight is 223 g/mol. The van der Waals surface area contributed by atoms with Crippen LogP contribution in [-0.4, -0.2) is 22.7 Å². The van der Waals surface area contributed by atoms with Crippen LogP contribution in [0, 0.1) is 5.41 Å². The Morgan fingerprint density at radius 3 is 2.81 bits per heavy atom. The summed E-state index contributed by atoms with van der Waals surface area (Å²) in [6, 6.07) is 0.394. The van der Waals surface area contributed by atoms with Gasteiger partial charge in [0.15, 0.2) is 5.82 Å². The quantitative estimate of drug-likeness (QED) is 0.830. The van der Waals surface area contributed by atoms with Crippen molar-refractivity contribution in [2.45, 2.75) is 52.5 Å². The molecule has 2 rings (SSSR count). The molecule has 4 heteroatoms. The molecule has 1 aliphatic carbocycles. The SMILES string of the molecule is CCNC(C)Cc1nc(C2CC2(C)C)no1. The molecule has 0 bridgehead atoms. The van der Waals surface area contributed by atoms with Gasteiger partial charge >= 0.3 is 0 Å². The molecule has 4 nitrogen and oxygen atoms in total. The highest BCUT2D eigenvalue weighted by atomic mass is 16.5. The van der Waals surface area contributed by atoms with Gasteiger partial charge in [-0.3, -0.25) is 0 Å². The van der Waals surface area contributed by atoms with Crippen LogP contribution in [0.3, 0.4) is 0 Å². The monoisotopic (exact) mass is 223 g/mol. The summed E-state index contributed by atoms with van der Waals surface area (Å²) in [5.74, 6) is 2.15. The number of likely N-dealkylation sites (N-methyl/N-ethyl adjacent to an activating group) is 1. The van der Waals surface area contributed by atoms with E-state index in [2.05, 4.69) is 43.2 Å². The number of nitrogens with one attached hydrogen (secondary N) is 1. The van der Waals surface area contributed by atoms with E-state index >= 15 is 0 Å². The fourth-order valence-electron chi connectivity index (χ4n) is 2.08. The van der Waals surface area contributed by atoms with Crippen molar-refractivity contribution in [2.24, 2.45) is 5.41 Å². The lowest BCUT2D eigenvalue weighted by Crippen LogP contribution is -2.27. The summed E-state index contributed by atoms with van der Waals surface area (Å²) in [5, 5.41) is 7.41. The smallest absolute Gasteiger partial charge is 0.228 e. The second-order valence-electron chi connectivity index (χ2n) is 5.45. The highest BCUT2D eigenvalue weighted by Gasteiger charge is 2.49. The number of aromatic nitrogens is 2. The van der Waals surface area contributed by atoms with Crippen LogP contribution < -0.4 is 5.32 Å². The Balaban J connectivity index is 1.93. The molecular weight excluding hydrogens is 202 g/mol. The molecule has 1 N–H and O–H groups in total. The van der Waals surface area contributed by atoms with Gasteiger partial charge in [-0.1, -0.05) is 25.9 Å². The van der Waals surface area contributed by atoms with E-state index in [1.807, 2.05) is 0 Å². The topological polar surface area (TPSA) is 51.0 Å². The van der Waals surface area contributed by atoms with E-state index in [9.17, 15) is 0 Å². The van der Waals surface area contributed by atoms with Crippen LogP contribution in [-0.2, 0) is 6.42 Å². The summed E-state index contributed by atoms with van der Waals surface area (Å²) in [4.78, 5) is 4.47. The highest BCUT2D eigenvalue weighted by molar-refractivity contribution is 5.14. The van der Waals surface area contributed by atoms with Crippen LogP contribution in [0.4, 0.5) is 0 Å². The second kappa shape index (κ2) is 4.17. The van der Waals surface area contributed by atoms with Crippen LogP contribution in [0.15, 0.2) is 4.52 Å². The molecule has 2 unspecified atom stereocenters. The van der Waals surface area contributed by atoms with Crippen molar-refractivity contribution < 1.29 is 4.52 Å². The molecule has 1 aromatic rings. The third-order valence-electron chi connectivity index (χ3n) is 3.34. The molecule has 1 fully saturated rings.